The number of fused-ring (bicyclic) bond motifs is 4. The predicted molar refractivity (Wildman–Crippen MR) is 174 cm³/mol. The maximum absolute atomic E-state index is 16.2. The van der Waals surface area contributed by atoms with Crippen LogP contribution in [0.25, 0.3) is 43.6 Å². The minimum atomic E-state index is -3.33. The van der Waals surface area contributed by atoms with E-state index >= 15 is 4.57 Å². The molecule has 1 aliphatic carbocycles. The van der Waals surface area contributed by atoms with Crippen LogP contribution in [-0.2, 0) is 9.98 Å². The van der Waals surface area contributed by atoms with Gasteiger partial charge in [-0.15, -0.1) is 0 Å². The molecule has 6 aromatic carbocycles. The SMILES string of the molecule is CC1(C)c2cc(P(=O)(c3cccc4ccccc34)c3cccc4ccccc34)ccc2-c2nccc3cccc1c23. The van der Waals surface area contributed by atoms with Crippen molar-refractivity contribution in [3.05, 3.63) is 145 Å². The predicted octanol–water partition coefficient (Wildman–Crippen LogP) is 8.49. The summed E-state index contributed by atoms with van der Waals surface area (Å²) >= 11 is 0. The van der Waals surface area contributed by atoms with Gasteiger partial charge in [-0.25, -0.2) is 0 Å². The molecule has 0 saturated carbocycles. The Balaban J connectivity index is 1.48. The van der Waals surface area contributed by atoms with Crippen LogP contribution >= 0.6 is 7.14 Å². The minimum absolute atomic E-state index is 0.288. The monoisotopic (exact) mass is 545 g/mol. The average Bonchev–Trinajstić information content (AvgIpc) is 3.02. The highest BCUT2D eigenvalue weighted by molar-refractivity contribution is 7.86. The van der Waals surface area contributed by atoms with Gasteiger partial charge in [-0.2, -0.15) is 0 Å². The quantitative estimate of drug-likeness (QED) is 0.208. The summed E-state index contributed by atoms with van der Waals surface area (Å²) in [6, 6.07) is 44.1. The summed E-state index contributed by atoms with van der Waals surface area (Å²) in [5.41, 5.74) is 4.25. The van der Waals surface area contributed by atoms with E-state index in [1.807, 2.05) is 42.6 Å². The van der Waals surface area contributed by atoms with Crippen molar-refractivity contribution in [1.29, 1.82) is 0 Å². The summed E-state index contributed by atoms with van der Waals surface area (Å²) in [5, 5.41) is 9.26. The topological polar surface area (TPSA) is 30.0 Å². The Morgan fingerprint density at radius 3 is 1.85 bits per heavy atom. The van der Waals surface area contributed by atoms with Crippen molar-refractivity contribution in [2.24, 2.45) is 0 Å². The molecule has 8 rings (SSSR count). The molecule has 1 heterocycles. The molecule has 0 saturated heterocycles. The van der Waals surface area contributed by atoms with Crippen LogP contribution in [0.2, 0.25) is 0 Å². The summed E-state index contributed by atoms with van der Waals surface area (Å²) in [7, 11) is -3.33. The molecule has 0 aliphatic heterocycles. The van der Waals surface area contributed by atoms with Crippen LogP contribution in [0.3, 0.4) is 0 Å². The Hall–Kier alpha value is -4.52. The molecule has 0 atom stereocenters. The van der Waals surface area contributed by atoms with Crippen molar-refractivity contribution in [3.63, 3.8) is 0 Å². The molecule has 0 bridgehead atoms. The van der Waals surface area contributed by atoms with E-state index in [2.05, 4.69) is 105 Å². The number of aromatic nitrogens is 1. The third kappa shape index (κ3) is 3.38. The number of hydrogen-bond donors (Lipinski definition) is 0. The largest absolute Gasteiger partial charge is 0.309 e. The van der Waals surface area contributed by atoms with Crippen molar-refractivity contribution in [2.45, 2.75) is 19.3 Å². The molecule has 0 fully saturated rings. The van der Waals surface area contributed by atoms with Crippen molar-refractivity contribution in [3.8, 4) is 11.3 Å². The van der Waals surface area contributed by atoms with Crippen LogP contribution < -0.4 is 15.9 Å². The third-order valence-corrected chi connectivity index (χ3v) is 12.1. The highest BCUT2D eigenvalue weighted by atomic mass is 31.2. The zero-order valence-corrected chi connectivity index (χ0v) is 23.9. The van der Waals surface area contributed by atoms with E-state index in [0.717, 1.165) is 54.3 Å². The molecular formula is C38H28NOP. The molecule has 41 heavy (non-hydrogen) atoms. The molecule has 0 amide bonds. The zero-order chi connectivity index (χ0) is 27.8. The van der Waals surface area contributed by atoms with Gasteiger partial charge in [0.2, 0.25) is 0 Å². The average molecular weight is 546 g/mol. The van der Waals surface area contributed by atoms with E-state index in [9.17, 15) is 0 Å². The Morgan fingerprint density at radius 1 is 0.585 bits per heavy atom. The van der Waals surface area contributed by atoms with E-state index in [1.54, 1.807) is 0 Å². The molecule has 2 nitrogen and oxygen atoms in total. The van der Waals surface area contributed by atoms with E-state index in [1.165, 1.54) is 16.3 Å². The lowest BCUT2D eigenvalue weighted by atomic mass is 9.70. The summed E-state index contributed by atoms with van der Waals surface area (Å²) in [6.45, 7) is 4.56. The van der Waals surface area contributed by atoms with Crippen LogP contribution in [0.15, 0.2) is 134 Å². The van der Waals surface area contributed by atoms with E-state index in [4.69, 9.17) is 4.98 Å². The number of nitrogens with zero attached hydrogens (tertiary/aromatic N) is 1. The maximum atomic E-state index is 16.2. The molecule has 0 N–H and O–H groups in total. The highest BCUT2D eigenvalue weighted by Crippen LogP contribution is 2.51. The fourth-order valence-electron chi connectivity index (χ4n) is 6.93. The van der Waals surface area contributed by atoms with Crippen LogP contribution in [0.4, 0.5) is 0 Å². The number of hydrogen-bond acceptors (Lipinski definition) is 2. The molecule has 3 heteroatoms. The molecule has 0 radical (unpaired) electrons. The first kappa shape index (κ1) is 24.3. The van der Waals surface area contributed by atoms with Gasteiger partial charge in [0.05, 0.1) is 5.69 Å². The first-order valence-corrected chi connectivity index (χ1v) is 15.8. The van der Waals surface area contributed by atoms with E-state index in [-0.39, 0.29) is 5.41 Å². The van der Waals surface area contributed by atoms with Crippen LogP contribution in [0.5, 0.6) is 0 Å². The summed E-state index contributed by atoms with van der Waals surface area (Å²) in [5.74, 6) is 0. The highest BCUT2D eigenvalue weighted by Gasteiger charge is 2.38. The molecule has 1 aliphatic rings. The standard InChI is InChI=1S/C38H28NOP/c1-38(2)32-17-7-14-27-22-23-39-37(36(27)32)31-21-20-28(24-33(31)38)41(40,34-18-8-12-25-10-3-5-15-29(25)34)35-19-9-13-26-11-4-6-16-30(26)35/h3-24H,1-2H3. The normalized spacial score (nSPS) is 13.9. The van der Waals surface area contributed by atoms with Gasteiger partial charge < -0.3 is 4.57 Å². The summed E-state index contributed by atoms with van der Waals surface area (Å²) in [4.78, 5) is 4.87. The van der Waals surface area contributed by atoms with Crippen LogP contribution in [0.1, 0.15) is 25.0 Å². The Kier molecular flexibility index (Phi) is 5.18. The van der Waals surface area contributed by atoms with Gasteiger partial charge in [0.15, 0.2) is 7.14 Å². The Labute approximate surface area is 239 Å². The lowest BCUT2D eigenvalue weighted by Crippen LogP contribution is -2.30. The van der Waals surface area contributed by atoms with Gasteiger partial charge in [0.25, 0.3) is 0 Å². The van der Waals surface area contributed by atoms with Crippen LogP contribution in [-0.4, -0.2) is 4.98 Å². The Morgan fingerprint density at radius 2 is 1.17 bits per heavy atom. The van der Waals surface area contributed by atoms with Crippen molar-refractivity contribution in [2.75, 3.05) is 0 Å². The molecule has 0 unspecified atom stereocenters. The van der Waals surface area contributed by atoms with Gasteiger partial charge in [-0.1, -0.05) is 129 Å². The first-order valence-electron chi connectivity index (χ1n) is 14.1. The zero-order valence-electron chi connectivity index (χ0n) is 23.0. The number of pyridine rings is 1. The smallest absolute Gasteiger partial charge is 0.172 e. The fraction of sp³-hybridized carbons (Fsp3) is 0.0789. The lowest BCUT2D eigenvalue weighted by molar-refractivity contribution is 0.592. The lowest BCUT2D eigenvalue weighted by Gasteiger charge is -2.35. The molecule has 1 aromatic heterocycles. The second-order valence-corrected chi connectivity index (χ2v) is 14.2. The van der Waals surface area contributed by atoms with E-state index in [0.29, 0.717) is 0 Å². The minimum Gasteiger partial charge on any atom is -0.309 e. The number of benzene rings is 6. The summed E-state index contributed by atoms with van der Waals surface area (Å²) < 4.78 is 16.2. The van der Waals surface area contributed by atoms with Crippen molar-refractivity contribution < 1.29 is 4.57 Å². The van der Waals surface area contributed by atoms with Crippen molar-refractivity contribution in [1.82, 2.24) is 4.98 Å². The van der Waals surface area contributed by atoms with Gasteiger partial charge >= 0.3 is 0 Å². The molecule has 0 spiro atoms. The first-order chi connectivity index (χ1) is 20.0. The molecule has 196 valence electrons. The van der Waals surface area contributed by atoms with Crippen LogP contribution in [0, 0.1) is 0 Å². The van der Waals surface area contributed by atoms with Gasteiger partial charge in [0, 0.05) is 38.5 Å². The fourth-order valence-corrected chi connectivity index (χ4v) is 10.0. The second kappa shape index (κ2) is 8.74. The maximum Gasteiger partial charge on any atom is 0.172 e. The van der Waals surface area contributed by atoms with Crippen molar-refractivity contribution >= 4 is 55.4 Å². The van der Waals surface area contributed by atoms with Gasteiger partial charge in [0.1, 0.15) is 0 Å². The van der Waals surface area contributed by atoms with Gasteiger partial charge in [-0.05, 0) is 50.2 Å². The number of rotatable bonds is 3. The molecule has 7 aromatic rings. The Bertz CT molecular complexity index is 2130. The third-order valence-electron chi connectivity index (χ3n) is 8.97. The van der Waals surface area contributed by atoms with Gasteiger partial charge in [-0.3, -0.25) is 4.98 Å². The van der Waals surface area contributed by atoms with E-state index < -0.39 is 7.14 Å². The summed E-state index contributed by atoms with van der Waals surface area (Å²) in [6.07, 6.45) is 1.90. The second-order valence-electron chi connectivity index (χ2n) is 11.5. The molecular weight excluding hydrogens is 517 g/mol.